The highest BCUT2D eigenvalue weighted by molar-refractivity contribution is 7.98. The third-order valence-corrected chi connectivity index (χ3v) is 5.60. The van der Waals surface area contributed by atoms with Crippen molar-refractivity contribution in [1.29, 1.82) is 0 Å². The van der Waals surface area contributed by atoms with Crippen LogP contribution in [-0.2, 0) is 5.75 Å². The first-order valence-electron chi connectivity index (χ1n) is 9.71. The number of carbonyl (C=O) groups excluding carboxylic acids is 1. The van der Waals surface area contributed by atoms with Crippen molar-refractivity contribution in [2.75, 3.05) is 5.32 Å². The molecule has 0 atom stereocenters. The normalized spacial score (nSPS) is 10.8. The molecule has 2 heterocycles. The zero-order valence-corrected chi connectivity index (χ0v) is 18.0. The number of aryl methyl sites for hydroxylation is 1. The predicted molar refractivity (Wildman–Crippen MR) is 122 cm³/mol. The highest BCUT2D eigenvalue weighted by atomic mass is 32.2. The van der Waals surface area contributed by atoms with Crippen molar-refractivity contribution in [2.45, 2.75) is 24.8 Å². The van der Waals surface area contributed by atoms with Crippen molar-refractivity contribution in [3.8, 4) is 0 Å². The van der Waals surface area contributed by atoms with E-state index in [2.05, 4.69) is 21.6 Å². The minimum Gasteiger partial charge on any atom is -0.334 e. The number of benzene rings is 2. The number of anilines is 2. The maximum absolute atomic E-state index is 13.3. The molecule has 8 heteroatoms. The summed E-state index contributed by atoms with van der Waals surface area (Å²) in [7, 11) is 0. The summed E-state index contributed by atoms with van der Waals surface area (Å²) >= 11 is 1.44. The fraction of sp³-hybridized carbons (Fsp3) is 0.130. The van der Waals surface area contributed by atoms with Crippen molar-refractivity contribution in [3.63, 3.8) is 0 Å². The average Bonchev–Trinajstić information content (AvgIpc) is 3.28. The third kappa shape index (κ3) is 4.75. The number of aromatic nitrogens is 4. The van der Waals surface area contributed by atoms with E-state index in [0.717, 1.165) is 5.56 Å². The van der Waals surface area contributed by atoms with Gasteiger partial charge in [0.05, 0.1) is 0 Å². The van der Waals surface area contributed by atoms with Crippen LogP contribution in [0.3, 0.4) is 0 Å². The second kappa shape index (κ2) is 9.01. The Kier molecular flexibility index (Phi) is 5.99. The molecule has 0 amide bonds. The second-order valence-corrected chi connectivity index (χ2v) is 7.99. The second-order valence-electron chi connectivity index (χ2n) is 7.05. The molecule has 156 valence electrons. The Balaban J connectivity index is 1.68. The van der Waals surface area contributed by atoms with Crippen LogP contribution in [0.4, 0.5) is 11.5 Å². The number of carbonyl (C=O) groups is 1. The number of nitrogens with one attached hydrogen (secondary N) is 1. The van der Waals surface area contributed by atoms with Gasteiger partial charge in [0.2, 0.25) is 11.0 Å². The van der Waals surface area contributed by atoms with Gasteiger partial charge in [-0.05, 0) is 43.7 Å². The topological polar surface area (TPSA) is 81.8 Å². The van der Waals surface area contributed by atoms with E-state index in [1.807, 2.05) is 37.3 Å². The summed E-state index contributed by atoms with van der Waals surface area (Å²) in [5, 5.41) is 11.9. The van der Waals surface area contributed by atoms with Crippen LogP contribution >= 0.6 is 11.8 Å². The number of Topliss-reactive ketones (excluding diaryl/α,β-unsaturated/α-hetero) is 1. The van der Waals surface area contributed by atoms with Gasteiger partial charge >= 0.3 is 5.56 Å². The molecule has 0 bridgehead atoms. The van der Waals surface area contributed by atoms with E-state index in [1.165, 1.54) is 28.9 Å². The van der Waals surface area contributed by atoms with Crippen molar-refractivity contribution in [2.24, 2.45) is 0 Å². The van der Waals surface area contributed by atoms with Gasteiger partial charge in [-0.25, -0.2) is 0 Å². The molecule has 0 aliphatic heterocycles. The molecular formula is C23H21N5O2S. The van der Waals surface area contributed by atoms with Crippen LogP contribution in [0.5, 0.6) is 0 Å². The number of nitrogens with zero attached hydrogens (tertiary/aromatic N) is 4. The number of thioether (sulfide) groups is 1. The summed E-state index contributed by atoms with van der Waals surface area (Å²) in [5.41, 5.74) is 3.12. The predicted octanol–water partition coefficient (Wildman–Crippen LogP) is 4.30. The zero-order chi connectivity index (χ0) is 21.8. The Hall–Kier alpha value is -3.65. The van der Waals surface area contributed by atoms with Gasteiger partial charge in [-0.2, -0.15) is 4.68 Å². The minimum absolute atomic E-state index is 0.0533. The van der Waals surface area contributed by atoms with Gasteiger partial charge in [0.1, 0.15) is 0 Å². The molecule has 1 N–H and O–H groups in total. The van der Waals surface area contributed by atoms with Crippen LogP contribution in [0.25, 0.3) is 0 Å². The van der Waals surface area contributed by atoms with Gasteiger partial charge in [0, 0.05) is 29.4 Å². The Morgan fingerprint density at radius 1 is 1.03 bits per heavy atom. The van der Waals surface area contributed by atoms with Gasteiger partial charge in [-0.3, -0.25) is 14.3 Å². The van der Waals surface area contributed by atoms with Crippen molar-refractivity contribution < 1.29 is 4.79 Å². The smallest absolute Gasteiger partial charge is 0.316 e. The molecule has 0 radical (unpaired) electrons. The van der Waals surface area contributed by atoms with Crippen molar-refractivity contribution in [3.05, 3.63) is 100 Å². The molecule has 2 aromatic heterocycles. The number of rotatable bonds is 7. The van der Waals surface area contributed by atoms with Crippen molar-refractivity contribution in [1.82, 2.24) is 19.5 Å². The molecule has 4 rings (SSSR count). The van der Waals surface area contributed by atoms with Crippen molar-refractivity contribution >= 4 is 29.1 Å². The summed E-state index contributed by atoms with van der Waals surface area (Å²) in [4.78, 5) is 24.9. The molecule has 7 nitrogen and oxygen atoms in total. The van der Waals surface area contributed by atoms with Crippen LogP contribution in [0.2, 0.25) is 0 Å². The third-order valence-electron chi connectivity index (χ3n) is 4.61. The average molecular weight is 432 g/mol. The lowest BCUT2D eigenvalue weighted by molar-refractivity contribution is 0.101. The molecule has 0 aliphatic carbocycles. The fourth-order valence-corrected chi connectivity index (χ4v) is 3.97. The highest BCUT2D eigenvalue weighted by Gasteiger charge is 2.15. The highest BCUT2D eigenvalue weighted by Crippen LogP contribution is 2.21. The Labute approximate surface area is 183 Å². The van der Waals surface area contributed by atoms with Crippen LogP contribution in [0, 0.1) is 6.92 Å². The quantitative estimate of drug-likeness (QED) is 0.347. The molecular weight excluding hydrogens is 410 g/mol. The molecule has 0 saturated carbocycles. The lowest BCUT2D eigenvalue weighted by atomic mass is 10.1. The summed E-state index contributed by atoms with van der Waals surface area (Å²) < 4.78 is 3.15. The molecule has 0 saturated heterocycles. The maximum Gasteiger partial charge on any atom is 0.316 e. The molecule has 2 aromatic carbocycles. The Morgan fingerprint density at radius 3 is 2.55 bits per heavy atom. The van der Waals surface area contributed by atoms with E-state index in [1.54, 1.807) is 41.3 Å². The summed E-state index contributed by atoms with van der Waals surface area (Å²) in [5.74, 6) is 0.682. The standard InChI is InChI=1S/C23H21N5O2S/c1-16-7-5-8-18(13-16)15-31-23-26-25-21(22(30)28(23)27-11-3-4-12-27)24-20-10-6-9-19(14-20)17(2)29/h3-14H,15H2,1-2H3,(H,24,25). The zero-order valence-electron chi connectivity index (χ0n) is 17.1. The van der Waals surface area contributed by atoms with Gasteiger partial charge in [0.15, 0.2) is 5.78 Å². The van der Waals surface area contributed by atoms with E-state index < -0.39 is 0 Å². The largest absolute Gasteiger partial charge is 0.334 e. The van der Waals surface area contributed by atoms with Crippen LogP contribution < -0.4 is 10.9 Å². The molecule has 0 aliphatic rings. The van der Waals surface area contributed by atoms with E-state index in [4.69, 9.17) is 0 Å². The fourth-order valence-electron chi connectivity index (χ4n) is 3.10. The van der Waals surface area contributed by atoms with Crippen LogP contribution in [0.1, 0.15) is 28.4 Å². The van der Waals surface area contributed by atoms with Gasteiger partial charge in [-0.1, -0.05) is 53.7 Å². The first-order chi connectivity index (χ1) is 15.0. The summed E-state index contributed by atoms with van der Waals surface area (Å²) in [6.07, 6.45) is 3.56. The Morgan fingerprint density at radius 2 is 1.81 bits per heavy atom. The van der Waals surface area contributed by atoms with E-state index >= 15 is 0 Å². The molecule has 0 fully saturated rings. The molecule has 0 unspecified atom stereocenters. The lowest BCUT2D eigenvalue weighted by Crippen LogP contribution is -2.30. The maximum atomic E-state index is 13.3. The summed E-state index contributed by atoms with van der Waals surface area (Å²) in [6.45, 7) is 3.55. The first kappa shape index (κ1) is 20.6. The van der Waals surface area contributed by atoms with Crippen LogP contribution in [0.15, 0.2) is 83.0 Å². The van der Waals surface area contributed by atoms with Crippen LogP contribution in [-0.4, -0.2) is 25.3 Å². The van der Waals surface area contributed by atoms with E-state index in [0.29, 0.717) is 22.2 Å². The SMILES string of the molecule is CC(=O)c1cccc(Nc2nnc(SCc3cccc(C)c3)n(-n3cccc3)c2=O)c1. The number of hydrogen-bond acceptors (Lipinski definition) is 6. The van der Waals surface area contributed by atoms with Gasteiger partial charge in [-0.15, -0.1) is 10.2 Å². The lowest BCUT2D eigenvalue weighted by Gasteiger charge is -2.14. The van der Waals surface area contributed by atoms with Gasteiger partial charge < -0.3 is 5.32 Å². The summed E-state index contributed by atoms with van der Waals surface area (Å²) in [6, 6.07) is 18.8. The van der Waals surface area contributed by atoms with Gasteiger partial charge in [0.25, 0.3) is 0 Å². The first-order valence-corrected chi connectivity index (χ1v) is 10.7. The molecule has 31 heavy (non-hydrogen) atoms. The monoisotopic (exact) mass is 431 g/mol. The molecule has 0 spiro atoms. The van der Waals surface area contributed by atoms with E-state index in [-0.39, 0.29) is 17.2 Å². The van der Waals surface area contributed by atoms with E-state index in [9.17, 15) is 9.59 Å². The number of ketones is 1. The number of hydrogen-bond donors (Lipinski definition) is 1. The Bertz CT molecular complexity index is 1280. The minimum atomic E-state index is -0.342. The molecule has 4 aromatic rings.